The number of hydrogen-bond acceptors (Lipinski definition) is 3. The molecule has 86 valence electrons. The summed E-state index contributed by atoms with van der Waals surface area (Å²) in [5.74, 6) is -0.341. The highest BCUT2D eigenvalue weighted by atomic mass is 16.5. The van der Waals surface area contributed by atoms with Crippen LogP contribution in [0.1, 0.15) is 25.0 Å². The molecule has 0 bridgehead atoms. The summed E-state index contributed by atoms with van der Waals surface area (Å²) < 4.78 is 4.86. The maximum absolute atomic E-state index is 10.7. The van der Waals surface area contributed by atoms with Crippen molar-refractivity contribution in [1.82, 2.24) is 5.32 Å². The summed E-state index contributed by atoms with van der Waals surface area (Å²) in [6.45, 7) is 3.67. The monoisotopic (exact) mass is 221 g/mol. The summed E-state index contributed by atoms with van der Waals surface area (Å²) in [5, 5.41) is 2.71. The van der Waals surface area contributed by atoms with Gasteiger partial charge in [0.05, 0.1) is 0 Å². The summed E-state index contributed by atoms with van der Waals surface area (Å²) >= 11 is 0. The van der Waals surface area contributed by atoms with Gasteiger partial charge >= 0.3 is 5.97 Å². The Morgan fingerprint density at radius 1 is 1.12 bits per heavy atom. The van der Waals surface area contributed by atoms with Crippen LogP contribution in [0.2, 0.25) is 0 Å². The van der Waals surface area contributed by atoms with Crippen LogP contribution in [0.3, 0.4) is 0 Å². The summed E-state index contributed by atoms with van der Waals surface area (Å²) in [5.41, 5.74) is 1.95. The second-order valence-corrected chi connectivity index (χ2v) is 3.51. The fraction of sp³-hybridized carbons (Fsp3) is 0.333. The summed E-state index contributed by atoms with van der Waals surface area (Å²) in [7, 11) is 0. The molecule has 1 amide bonds. The summed E-state index contributed by atoms with van der Waals surface area (Å²) in [6, 6.07) is 7.55. The van der Waals surface area contributed by atoms with E-state index in [9.17, 15) is 9.59 Å². The number of nitrogens with one attached hydrogen (secondary N) is 1. The molecule has 0 saturated heterocycles. The molecule has 0 radical (unpaired) electrons. The Morgan fingerprint density at radius 2 is 1.69 bits per heavy atom. The van der Waals surface area contributed by atoms with Gasteiger partial charge < -0.3 is 10.1 Å². The fourth-order valence-corrected chi connectivity index (χ4v) is 1.16. The molecule has 0 aliphatic rings. The van der Waals surface area contributed by atoms with Gasteiger partial charge in [0.25, 0.3) is 0 Å². The Labute approximate surface area is 94.6 Å². The molecule has 0 saturated carbocycles. The van der Waals surface area contributed by atoms with Crippen LogP contribution >= 0.6 is 0 Å². The van der Waals surface area contributed by atoms with E-state index in [-0.39, 0.29) is 18.5 Å². The number of benzene rings is 1. The number of rotatable bonds is 4. The van der Waals surface area contributed by atoms with E-state index in [0.29, 0.717) is 6.54 Å². The highest BCUT2D eigenvalue weighted by Gasteiger charge is 1.98. The second kappa shape index (κ2) is 5.90. The number of carbonyl (C=O) groups excluding carboxylic acids is 2. The van der Waals surface area contributed by atoms with E-state index < -0.39 is 0 Å². The van der Waals surface area contributed by atoms with Gasteiger partial charge in [-0.2, -0.15) is 0 Å². The Bertz CT molecular complexity index is 333. The molecule has 16 heavy (non-hydrogen) atoms. The molecule has 0 aromatic heterocycles. The first-order chi connectivity index (χ1) is 7.58. The Balaban J connectivity index is 2.47. The molecule has 1 aromatic rings. The van der Waals surface area contributed by atoms with Gasteiger partial charge in [-0.25, -0.2) is 0 Å². The quantitative estimate of drug-likeness (QED) is 0.781. The normalized spacial score (nSPS) is 9.62. The van der Waals surface area contributed by atoms with Gasteiger partial charge in [-0.15, -0.1) is 0 Å². The number of amides is 1. The molecule has 0 spiro atoms. The first-order valence-electron chi connectivity index (χ1n) is 5.03. The van der Waals surface area contributed by atoms with E-state index in [4.69, 9.17) is 4.74 Å². The zero-order valence-corrected chi connectivity index (χ0v) is 9.45. The molecule has 1 rings (SSSR count). The molecule has 1 aromatic carbocycles. The lowest BCUT2D eigenvalue weighted by molar-refractivity contribution is -0.142. The Kier molecular flexibility index (Phi) is 4.51. The van der Waals surface area contributed by atoms with Gasteiger partial charge in [-0.05, 0) is 11.1 Å². The first-order valence-corrected chi connectivity index (χ1v) is 5.03. The number of carbonyl (C=O) groups is 2. The summed E-state index contributed by atoms with van der Waals surface area (Å²) in [6.07, 6.45) is 0. The van der Waals surface area contributed by atoms with Crippen molar-refractivity contribution in [1.29, 1.82) is 0 Å². The molecule has 4 nitrogen and oxygen atoms in total. The first kappa shape index (κ1) is 12.2. The molecule has 0 heterocycles. The standard InChI is InChI=1S/C12H15NO3/c1-9(14)13-7-11-3-5-12(6-4-11)8-16-10(2)15/h3-6H,7-8H2,1-2H3,(H,13,14). The van der Waals surface area contributed by atoms with E-state index in [1.54, 1.807) is 0 Å². The highest BCUT2D eigenvalue weighted by Crippen LogP contribution is 2.05. The van der Waals surface area contributed by atoms with Crippen molar-refractivity contribution in [2.24, 2.45) is 0 Å². The van der Waals surface area contributed by atoms with E-state index in [0.717, 1.165) is 11.1 Å². The zero-order valence-electron chi connectivity index (χ0n) is 9.45. The van der Waals surface area contributed by atoms with Crippen molar-refractivity contribution >= 4 is 11.9 Å². The van der Waals surface area contributed by atoms with E-state index >= 15 is 0 Å². The van der Waals surface area contributed by atoms with Gasteiger partial charge in [0.2, 0.25) is 5.91 Å². The van der Waals surface area contributed by atoms with Crippen molar-refractivity contribution in [2.45, 2.75) is 27.0 Å². The van der Waals surface area contributed by atoms with E-state index in [2.05, 4.69) is 5.32 Å². The van der Waals surface area contributed by atoms with Gasteiger partial charge in [-0.3, -0.25) is 9.59 Å². The van der Waals surface area contributed by atoms with Crippen LogP contribution in [0, 0.1) is 0 Å². The third-order valence-corrected chi connectivity index (χ3v) is 2.01. The second-order valence-electron chi connectivity index (χ2n) is 3.51. The number of hydrogen-bond donors (Lipinski definition) is 1. The van der Waals surface area contributed by atoms with Gasteiger partial charge in [0.15, 0.2) is 0 Å². The third kappa shape index (κ3) is 4.59. The van der Waals surface area contributed by atoms with Crippen molar-refractivity contribution in [2.75, 3.05) is 0 Å². The van der Waals surface area contributed by atoms with E-state index in [1.165, 1.54) is 13.8 Å². The molecular formula is C12H15NO3. The van der Waals surface area contributed by atoms with Crippen LogP contribution in [0.5, 0.6) is 0 Å². The smallest absolute Gasteiger partial charge is 0.302 e. The minimum absolute atomic E-state index is 0.0519. The van der Waals surface area contributed by atoms with Crippen molar-refractivity contribution in [3.05, 3.63) is 35.4 Å². The number of esters is 1. The Hall–Kier alpha value is -1.84. The molecular weight excluding hydrogens is 206 g/mol. The van der Waals surface area contributed by atoms with Crippen LogP contribution in [0.4, 0.5) is 0 Å². The summed E-state index contributed by atoms with van der Waals surface area (Å²) in [4.78, 5) is 21.3. The molecule has 0 unspecified atom stereocenters. The van der Waals surface area contributed by atoms with Gasteiger partial charge in [-0.1, -0.05) is 24.3 Å². The molecule has 0 atom stereocenters. The Morgan fingerprint density at radius 3 is 2.19 bits per heavy atom. The third-order valence-electron chi connectivity index (χ3n) is 2.01. The van der Waals surface area contributed by atoms with E-state index in [1.807, 2.05) is 24.3 Å². The zero-order chi connectivity index (χ0) is 12.0. The van der Waals surface area contributed by atoms with Crippen molar-refractivity contribution in [3.8, 4) is 0 Å². The van der Waals surface area contributed by atoms with Crippen LogP contribution < -0.4 is 5.32 Å². The topological polar surface area (TPSA) is 55.4 Å². The molecule has 0 fully saturated rings. The van der Waals surface area contributed by atoms with Crippen LogP contribution in [-0.4, -0.2) is 11.9 Å². The molecule has 4 heteroatoms. The molecule has 0 aliphatic heterocycles. The average molecular weight is 221 g/mol. The average Bonchev–Trinajstić information content (AvgIpc) is 2.25. The SMILES string of the molecule is CC(=O)NCc1ccc(COC(C)=O)cc1. The number of ether oxygens (including phenoxy) is 1. The lowest BCUT2D eigenvalue weighted by Crippen LogP contribution is -2.18. The van der Waals surface area contributed by atoms with Crippen molar-refractivity contribution < 1.29 is 14.3 Å². The van der Waals surface area contributed by atoms with Crippen LogP contribution in [-0.2, 0) is 27.5 Å². The maximum atomic E-state index is 10.7. The fourth-order valence-electron chi connectivity index (χ4n) is 1.16. The van der Waals surface area contributed by atoms with Gasteiger partial charge in [0.1, 0.15) is 6.61 Å². The highest BCUT2D eigenvalue weighted by molar-refractivity contribution is 5.72. The van der Waals surface area contributed by atoms with Crippen LogP contribution in [0.15, 0.2) is 24.3 Å². The molecule has 1 N–H and O–H groups in total. The predicted molar refractivity (Wildman–Crippen MR) is 59.4 cm³/mol. The minimum Gasteiger partial charge on any atom is -0.461 e. The lowest BCUT2D eigenvalue weighted by Gasteiger charge is -2.05. The van der Waals surface area contributed by atoms with Crippen molar-refractivity contribution in [3.63, 3.8) is 0 Å². The maximum Gasteiger partial charge on any atom is 0.302 e. The molecule has 0 aliphatic carbocycles. The van der Waals surface area contributed by atoms with Crippen LogP contribution in [0.25, 0.3) is 0 Å². The predicted octanol–water partition coefficient (Wildman–Crippen LogP) is 1.39. The largest absolute Gasteiger partial charge is 0.461 e. The van der Waals surface area contributed by atoms with Gasteiger partial charge in [0, 0.05) is 20.4 Å². The minimum atomic E-state index is -0.290. The lowest BCUT2D eigenvalue weighted by atomic mass is 10.1.